The number of aromatic amines is 1. The van der Waals surface area contributed by atoms with Gasteiger partial charge in [0, 0.05) is 36.2 Å². The Kier molecular flexibility index (Phi) is 6.34. The molecule has 2 N–H and O–H groups in total. The number of hydrogen-bond acceptors (Lipinski definition) is 2. The maximum atomic E-state index is 13.6. The lowest BCUT2D eigenvalue weighted by molar-refractivity contribution is 0.0949. The van der Waals surface area contributed by atoms with Gasteiger partial charge in [-0.05, 0) is 68.1 Å². The van der Waals surface area contributed by atoms with Crippen molar-refractivity contribution in [3.63, 3.8) is 0 Å². The summed E-state index contributed by atoms with van der Waals surface area (Å²) >= 11 is 0. The Morgan fingerprint density at radius 3 is 2.43 bits per heavy atom. The van der Waals surface area contributed by atoms with Crippen LogP contribution in [0.4, 0.5) is 10.1 Å². The summed E-state index contributed by atoms with van der Waals surface area (Å²) in [6.45, 7) is 8.80. The fraction of sp³-hybridized carbons (Fsp3) is 0.348. The van der Waals surface area contributed by atoms with Crippen LogP contribution in [-0.4, -0.2) is 30.5 Å². The molecule has 0 fully saturated rings. The first kappa shape index (κ1) is 19.9. The van der Waals surface area contributed by atoms with Gasteiger partial charge in [0.1, 0.15) is 11.5 Å². The molecule has 3 rings (SSSR count). The van der Waals surface area contributed by atoms with Crippen LogP contribution in [0.3, 0.4) is 0 Å². The van der Waals surface area contributed by atoms with Gasteiger partial charge in [-0.1, -0.05) is 19.1 Å². The Bertz CT molecular complexity index is 942. The highest BCUT2D eigenvalue weighted by molar-refractivity contribution is 6.01. The number of nitrogens with one attached hydrogen (secondary N) is 2. The fourth-order valence-electron chi connectivity index (χ4n) is 3.65. The summed E-state index contributed by atoms with van der Waals surface area (Å²) < 4.78 is 13.6. The highest BCUT2D eigenvalue weighted by Gasteiger charge is 2.16. The molecule has 0 aliphatic heterocycles. The van der Waals surface area contributed by atoms with Crippen molar-refractivity contribution in [2.45, 2.75) is 33.6 Å². The van der Waals surface area contributed by atoms with Crippen LogP contribution >= 0.6 is 0 Å². The third-order valence-electron chi connectivity index (χ3n) is 5.21. The highest BCUT2D eigenvalue weighted by Crippen LogP contribution is 2.24. The molecule has 28 heavy (non-hydrogen) atoms. The summed E-state index contributed by atoms with van der Waals surface area (Å²) in [4.78, 5) is 18.1. The van der Waals surface area contributed by atoms with Gasteiger partial charge < -0.3 is 15.2 Å². The van der Waals surface area contributed by atoms with Crippen molar-refractivity contribution in [3.8, 4) is 0 Å². The van der Waals surface area contributed by atoms with Crippen molar-refractivity contribution in [1.82, 2.24) is 10.3 Å². The SMILES string of the molecule is CCc1c(C(=O)NCCc2ccc(N(CC)CC)cc2)[nH]c2ccc(F)cc12. The first-order valence-electron chi connectivity index (χ1n) is 9.99. The van der Waals surface area contributed by atoms with Gasteiger partial charge in [-0.25, -0.2) is 4.39 Å². The first-order valence-corrected chi connectivity index (χ1v) is 9.99. The second kappa shape index (κ2) is 8.91. The number of amides is 1. The quantitative estimate of drug-likeness (QED) is 0.595. The summed E-state index contributed by atoms with van der Waals surface area (Å²) in [5.74, 6) is -0.436. The first-order chi connectivity index (χ1) is 13.6. The van der Waals surface area contributed by atoms with Crippen LogP contribution < -0.4 is 10.2 Å². The predicted molar refractivity (Wildman–Crippen MR) is 114 cm³/mol. The number of H-pyrrole nitrogens is 1. The molecule has 5 heteroatoms. The zero-order valence-electron chi connectivity index (χ0n) is 16.8. The molecular weight excluding hydrogens is 353 g/mol. The monoisotopic (exact) mass is 381 g/mol. The molecule has 0 saturated carbocycles. The number of anilines is 1. The summed E-state index contributed by atoms with van der Waals surface area (Å²) in [5.41, 5.74) is 4.58. The average Bonchev–Trinajstić information content (AvgIpc) is 3.07. The molecule has 0 unspecified atom stereocenters. The van der Waals surface area contributed by atoms with Crippen LogP contribution in [-0.2, 0) is 12.8 Å². The molecule has 148 valence electrons. The van der Waals surface area contributed by atoms with E-state index >= 15 is 0 Å². The standard InChI is InChI=1S/C23H28FN3O/c1-4-19-20-15-17(24)9-12-21(20)26-22(19)23(28)25-14-13-16-7-10-18(11-8-16)27(5-2)6-3/h7-12,15,26H,4-6,13-14H2,1-3H3,(H,25,28). The van der Waals surface area contributed by atoms with Crippen LogP contribution in [0, 0.1) is 5.82 Å². The maximum absolute atomic E-state index is 13.6. The number of rotatable bonds is 8. The van der Waals surface area contributed by atoms with Crippen LogP contribution in [0.5, 0.6) is 0 Å². The molecule has 0 spiro atoms. The van der Waals surface area contributed by atoms with E-state index in [1.54, 1.807) is 6.07 Å². The van der Waals surface area contributed by atoms with E-state index in [9.17, 15) is 9.18 Å². The van der Waals surface area contributed by atoms with E-state index in [4.69, 9.17) is 0 Å². The van der Waals surface area contributed by atoms with Crippen LogP contribution in [0.15, 0.2) is 42.5 Å². The number of hydrogen-bond donors (Lipinski definition) is 2. The van der Waals surface area contributed by atoms with Gasteiger partial charge in [-0.2, -0.15) is 0 Å². The van der Waals surface area contributed by atoms with Crippen molar-refractivity contribution < 1.29 is 9.18 Å². The topological polar surface area (TPSA) is 48.1 Å². The van der Waals surface area contributed by atoms with E-state index < -0.39 is 0 Å². The van der Waals surface area contributed by atoms with Gasteiger partial charge in [0.25, 0.3) is 5.91 Å². The number of aryl methyl sites for hydroxylation is 1. The lowest BCUT2D eigenvalue weighted by atomic mass is 10.1. The Hall–Kier alpha value is -2.82. The molecule has 3 aromatic rings. The van der Waals surface area contributed by atoms with Crippen molar-refractivity contribution >= 4 is 22.5 Å². The van der Waals surface area contributed by atoms with E-state index in [0.29, 0.717) is 18.7 Å². The average molecular weight is 381 g/mol. The van der Waals surface area contributed by atoms with Gasteiger partial charge in [-0.15, -0.1) is 0 Å². The number of carbonyl (C=O) groups excluding carboxylic acids is 1. The third-order valence-corrected chi connectivity index (χ3v) is 5.21. The molecule has 0 bridgehead atoms. The number of aromatic nitrogens is 1. The molecule has 2 aromatic carbocycles. The maximum Gasteiger partial charge on any atom is 0.268 e. The number of benzene rings is 2. The number of fused-ring (bicyclic) bond motifs is 1. The van der Waals surface area contributed by atoms with E-state index in [1.165, 1.54) is 23.4 Å². The molecule has 0 aliphatic rings. The molecule has 0 saturated heterocycles. The molecule has 1 amide bonds. The normalized spacial score (nSPS) is 11.0. The molecule has 0 radical (unpaired) electrons. The van der Waals surface area contributed by atoms with Crippen molar-refractivity contribution in [1.29, 1.82) is 0 Å². The number of halogens is 1. The zero-order valence-corrected chi connectivity index (χ0v) is 16.8. The van der Waals surface area contributed by atoms with E-state index in [-0.39, 0.29) is 11.7 Å². The van der Waals surface area contributed by atoms with E-state index in [1.807, 2.05) is 6.92 Å². The summed E-state index contributed by atoms with van der Waals surface area (Å²) in [5, 5.41) is 3.76. The van der Waals surface area contributed by atoms with Gasteiger partial charge >= 0.3 is 0 Å². The highest BCUT2D eigenvalue weighted by atomic mass is 19.1. The molecular formula is C23H28FN3O. The van der Waals surface area contributed by atoms with Gasteiger partial charge in [0.15, 0.2) is 0 Å². The van der Waals surface area contributed by atoms with E-state index in [2.05, 4.69) is 53.3 Å². The Balaban J connectivity index is 1.64. The molecule has 0 atom stereocenters. The number of carbonyl (C=O) groups is 1. The second-order valence-corrected chi connectivity index (χ2v) is 6.87. The minimum absolute atomic E-state index is 0.145. The number of nitrogens with zero attached hydrogens (tertiary/aromatic N) is 1. The summed E-state index contributed by atoms with van der Waals surface area (Å²) in [7, 11) is 0. The zero-order chi connectivity index (χ0) is 20.1. The third kappa shape index (κ3) is 4.19. The van der Waals surface area contributed by atoms with Crippen LogP contribution in [0.1, 0.15) is 42.4 Å². The Morgan fingerprint density at radius 2 is 1.79 bits per heavy atom. The van der Waals surface area contributed by atoms with Crippen LogP contribution in [0.25, 0.3) is 10.9 Å². The molecule has 0 aliphatic carbocycles. The summed E-state index contributed by atoms with van der Waals surface area (Å²) in [6.07, 6.45) is 1.43. The van der Waals surface area contributed by atoms with Gasteiger partial charge in [-0.3, -0.25) is 4.79 Å². The van der Waals surface area contributed by atoms with Gasteiger partial charge in [0.05, 0.1) is 0 Å². The van der Waals surface area contributed by atoms with Crippen molar-refractivity contribution in [3.05, 3.63) is 65.1 Å². The van der Waals surface area contributed by atoms with Crippen LogP contribution in [0.2, 0.25) is 0 Å². The van der Waals surface area contributed by atoms with Crippen molar-refractivity contribution in [2.75, 3.05) is 24.5 Å². The fourth-order valence-corrected chi connectivity index (χ4v) is 3.65. The molecule has 1 heterocycles. The smallest absolute Gasteiger partial charge is 0.268 e. The Labute approximate surface area is 165 Å². The second-order valence-electron chi connectivity index (χ2n) is 6.87. The lowest BCUT2D eigenvalue weighted by Gasteiger charge is -2.21. The lowest BCUT2D eigenvalue weighted by Crippen LogP contribution is -2.27. The minimum Gasteiger partial charge on any atom is -0.372 e. The Morgan fingerprint density at radius 1 is 1.07 bits per heavy atom. The van der Waals surface area contributed by atoms with Gasteiger partial charge in [0.2, 0.25) is 0 Å². The predicted octanol–water partition coefficient (Wildman–Crippen LogP) is 4.69. The minimum atomic E-state index is -0.290. The molecule has 4 nitrogen and oxygen atoms in total. The van der Waals surface area contributed by atoms with Crippen molar-refractivity contribution in [2.24, 2.45) is 0 Å². The molecule has 1 aromatic heterocycles. The summed E-state index contributed by atoms with van der Waals surface area (Å²) in [6, 6.07) is 13.1. The van der Waals surface area contributed by atoms with E-state index in [0.717, 1.165) is 36.0 Å². The largest absolute Gasteiger partial charge is 0.372 e.